The molecule has 1 aliphatic carbocycles. The third kappa shape index (κ3) is 4.36. The van der Waals surface area contributed by atoms with Crippen LogP contribution in [-0.2, 0) is 25.9 Å². The molecular weight excluding hydrogens is 298 g/mol. The smallest absolute Gasteiger partial charge is 0.319 e. The standard InChI is InChI=1S/C20H25N3O/c1-23(2)14-16-6-3-5-15(11-16)13-21-20(24)22-19-10-9-17-7-4-8-18(17)12-19/h3,5-6,9-12H,4,7-8,13-14H2,1-2H3,(H2,21,22,24). The van der Waals surface area contributed by atoms with Gasteiger partial charge in [0.2, 0.25) is 0 Å². The number of rotatable bonds is 5. The molecule has 0 spiro atoms. The molecule has 24 heavy (non-hydrogen) atoms. The molecule has 0 aliphatic heterocycles. The Kier molecular flexibility index (Phi) is 5.16. The Morgan fingerprint density at radius 2 is 1.83 bits per heavy atom. The topological polar surface area (TPSA) is 44.4 Å². The van der Waals surface area contributed by atoms with Crippen LogP contribution < -0.4 is 10.6 Å². The van der Waals surface area contributed by atoms with Gasteiger partial charge < -0.3 is 15.5 Å². The minimum absolute atomic E-state index is 0.161. The maximum absolute atomic E-state index is 12.1. The zero-order chi connectivity index (χ0) is 16.9. The van der Waals surface area contributed by atoms with Crippen molar-refractivity contribution >= 4 is 11.7 Å². The third-order valence-corrected chi connectivity index (χ3v) is 4.30. The van der Waals surface area contributed by atoms with Crippen LogP contribution in [0.15, 0.2) is 42.5 Å². The summed E-state index contributed by atoms with van der Waals surface area (Å²) in [7, 11) is 4.10. The molecule has 0 fully saturated rings. The summed E-state index contributed by atoms with van der Waals surface area (Å²) in [5.74, 6) is 0. The molecule has 2 N–H and O–H groups in total. The van der Waals surface area contributed by atoms with Crippen molar-refractivity contribution in [1.82, 2.24) is 10.2 Å². The van der Waals surface area contributed by atoms with E-state index in [4.69, 9.17) is 0 Å². The number of carbonyl (C=O) groups excluding carboxylic acids is 1. The van der Waals surface area contributed by atoms with Crippen molar-refractivity contribution in [3.63, 3.8) is 0 Å². The molecule has 4 heteroatoms. The first-order valence-electron chi connectivity index (χ1n) is 8.49. The number of carbonyl (C=O) groups is 1. The van der Waals surface area contributed by atoms with Gasteiger partial charge in [0, 0.05) is 18.8 Å². The Hall–Kier alpha value is -2.33. The molecule has 0 atom stereocenters. The van der Waals surface area contributed by atoms with Gasteiger partial charge in [-0.1, -0.05) is 30.3 Å². The number of aryl methyl sites for hydroxylation is 2. The maximum Gasteiger partial charge on any atom is 0.319 e. The first-order chi connectivity index (χ1) is 11.6. The largest absolute Gasteiger partial charge is 0.334 e. The van der Waals surface area contributed by atoms with Crippen LogP contribution >= 0.6 is 0 Å². The highest BCUT2D eigenvalue weighted by molar-refractivity contribution is 5.89. The van der Waals surface area contributed by atoms with E-state index >= 15 is 0 Å². The molecule has 0 radical (unpaired) electrons. The SMILES string of the molecule is CN(C)Cc1cccc(CNC(=O)Nc2ccc3c(c2)CCC3)c1. The molecular formula is C20H25N3O. The lowest BCUT2D eigenvalue weighted by Crippen LogP contribution is -2.28. The number of hydrogen-bond acceptors (Lipinski definition) is 2. The van der Waals surface area contributed by atoms with Gasteiger partial charge in [-0.2, -0.15) is 0 Å². The number of nitrogens with zero attached hydrogens (tertiary/aromatic N) is 1. The quantitative estimate of drug-likeness (QED) is 0.883. The van der Waals surface area contributed by atoms with E-state index in [0.717, 1.165) is 30.6 Å². The minimum atomic E-state index is -0.161. The molecule has 0 saturated heterocycles. The molecule has 2 aromatic rings. The van der Waals surface area contributed by atoms with Gasteiger partial charge in [0.05, 0.1) is 0 Å². The molecule has 0 unspecified atom stereocenters. The van der Waals surface area contributed by atoms with E-state index in [2.05, 4.69) is 53.9 Å². The van der Waals surface area contributed by atoms with Crippen LogP contribution in [0.4, 0.5) is 10.5 Å². The zero-order valence-electron chi connectivity index (χ0n) is 14.4. The molecule has 1 aliphatic rings. The Morgan fingerprint density at radius 3 is 2.67 bits per heavy atom. The van der Waals surface area contributed by atoms with Gasteiger partial charge >= 0.3 is 6.03 Å². The van der Waals surface area contributed by atoms with E-state index < -0.39 is 0 Å². The Balaban J connectivity index is 1.54. The molecule has 0 saturated carbocycles. The predicted octanol–water partition coefficient (Wildman–Crippen LogP) is 3.56. The number of nitrogens with one attached hydrogen (secondary N) is 2. The van der Waals surface area contributed by atoms with Gasteiger partial charge in [-0.15, -0.1) is 0 Å². The van der Waals surface area contributed by atoms with Crippen LogP contribution in [-0.4, -0.2) is 25.0 Å². The zero-order valence-corrected chi connectivity index (χ0v) is 14.4. The average Bonchev–Trinajstić information content (AvgIpc) is 3.00. The fourth-order valence-electron chi connectivity index (χ4n) is 3.21. The summed E-state index contributed by atoms with van der Waals surface area (Å²) in [5, 5.41) is 5.86. The molecule has 4 nitrogen and oxygen atoms in total. The maximum atomic E-state index is 12.1. The van der Waals surface area contributed by atoms with E-state index in [1.807, 2.05) is 18.2 Å². The minimum Gasteiger partial charge on any atom is -0.334 e. The lowest BCUT2D eigenvalue weighted by molar-refractivity contribution is 0.251. The van der Waals surface area contributed by atoms with Crippen molar-refractivity contribution in [3.05, 3.63) is 64.7 Å². The van der Waals surface area contributed by atoms with E-state index in [9.17, 15) is 4.79 Å². The number of hydrogen-bond donors (Lipinski definition) is 2. The van der Waals surface area contributed by atoms with Gasteiger partial charge in [0.15, 0.2) is 0 Å². The first kappa shape index (κ1) is 16.5. The first-order valence-corrected chi connectivity index (χ1v) is 8.49. The summed E-state index contributed by atoms with van der Waals surface area (Å²) >= 11 is 0. The lowest BCUT2D eigenvalue weighted by atomic mass is 10.1. The summed E-state index contributed by atoms with van der Waals surface area (Å²) in [6, 6.07) is 14.4. The second-order valence-corrected chi connectivity index (χ2v) is 6.70. The number of anilines is 1. The van der Waals surface area contributed by atoms with Crippen LogP contribution in [0, 0.1) is 0 Å². The Morgan fingerprint density at radius 1 is 1.04 bits per heavy atom. The van der Waals surface area contributed by atoms with Gasteiger partial charge in [-0.25, -0.2) is 4.79 Å². The van der Waals surface area contributed by atoms with Crippen LogP contribution in [0.25, 0.3) is 0 Å². The molecule has 2 amide bonds. The van der Waals surface area contributed by atoms with E-state index in [-0.39, 0.29) is 6.03 Å². The van der Waals surface area contributed by atoms with E-state index in [1.165, 1.54) is 23.1 Å². The molecule has 0 aromatic heterocycles. The predicted molar refractivity (Wildman–Crippen MR) is 98.2 cm³/mol. The summed E-state index contributed by atoms with van der Waals surface area (Å²) in [5.41, 5.74) is 6.01. The fraction of sp³-hybridized carbons (Fsp3) is 0.350. The molecule has 126 valence electrons. The molecule has 0 bridgehead atoms. The van der Waals surface area contributed by atoms with Crippen LogP contribution in [0.3, 0.4) is 0 Å². The summed E-state index contributed by atoms with van der Waals surface area (Å²) in [4.78, 5) is 14.3. The van der Waals surface area contributed by atoms with Crippen molar-refractivity contribution < 1.29 is 4.79 Å². The van der Waals surface area contributed by atoms with Gasteiger partial charge in [0.25, 0.3) is 0 Å². The van der Waals surface area contributed by atoms with Gasteiger partial charge in [-0.05, 0) is 67.7 Å². The van der Waals surface area contributed by atoms with Crippen LogP contribution in [0.2, 0.25) is 0 Å². The van der Waals surface area contributed by atoms with Crippen LogP contribution in [0.5, 0.6) is 0 Å². The van der Waals surface area contributed by atoms with Gasteiger partial charge in [0.1, 0.15) is 0 Å². The Labute approximate surface area is 143 Å². The van der Waals surface area contributed by atoms with E-state index in [1.54, 1.807) is 0 Å². The molecule has 3 rings (SSSR count). The van der Waals surface area contributed by atoms with Crippen molar-refractivity contribution in [2.45, 2.75) is 32.4 Å². The van der Waals surface area contributed by atoms with Crippen LogP contribution in [0.1, 0.15) is 28.7 Å². The van der Waals surface area contributed by atoms with Crippen molar-refractivity contribution in [2.75, 3.05) is 19.4 Å². The van der Waals surface area contributed by atoms with Crippen molar-refractivity contribution in [1.29, 1.82) is 0 Å². The second kappa shape index (κ2) is 7.49. The number of fused-ring (bicyclic) bond motifs is 1. The molecule has 0 heterocycles. The third-order valence-electron chi connectivity index (χ3n) is 4.30. The van der Waals surface area contributed by atoms with Crippen molar-refractivity contribution in [3.8, 4) is 0 Å². The fourth-order valence-corrected chi connectivity index (χ4v) is 3.21. The monoisotopic (exact) mass is 323 g/mol. The second-order valence-electron chi connectivity index (χ2n) is 6.70. The normalized spacial score (nSPS) is 13.0. The number of benzene rings is 2. The highest BCUT2D eigenvalue weighted by Gasteiger charge is 2.11. The lowest BCUT2D eigenvalue weighted by Gasteiger charge is -2.12. The highest BCUT2D eigenvalue weighted by atomic mass is 16.2. The van der Waals surface area contributed by atoms with E-state index in [0.29, 0.717) is 6.54 Å². The number of amides is 2. The number of urea groups is 1. The van der Waals surface area contributed by atoms with Gasteiger partial charge in [-0.3, -0.25) is 0 Å². The average molecular weight is 323 g/mol. The summed E-state index contributed by atoms with van der Waals surface area (Å²) in [6.07, 6.45) is 3.49. The van der Waals surface area contributed by atoms with Crippen molar-refractivity contribution in [2.24, 2.45) is 0 Å². The summed E-state index contributed by atoms with van der Waals surface area (Å²) in [6.45, 7) is 1.42. The molecule has 2 aromatic carbocycles. The Bertz CT molecular complexity index is 725. The highest BCUT2D eigenvalue weighted by Crippen LogP contribution is 2.24. The summed E-state index contributed by atoms with van der Waals surface area (Å²) < 4.78 is 0.